The number of morpholine rings is 1. The average Bonchev–Trinajstić information content (AvgIpc) is 3.06. The molecule has 2 amide bonds. The van der Waals surface area contributed by atoms with Crippen molar-refractivity contribution in [2.24, 2.45) is 0 Å². The number of hydrogen-bond donors (Lipinski definition) is 2. The third kappa shape index (κ3) is 7.28. The molecule has 3 fully saturated rings. The van der Waals surface area contributed by atoms with Gasteiger partial charge in [-0.3, -0.25) is 0 Å². The summed E-state index contributed by atoms with van der Waals surface area (Å²) in [5, 5.41) is 5.89. The van der Waals surface area contributed by atoms with E-state index >= 15 is 0 Å². The van der Waals surface area contributed by atoms with Gasteiger partial charge >= 0.3 is 6.03 Å². The van der Waals surface area contributed by atoms with E-state index in [0.29, 0.717) is 36.7 Å². The highest BCUT2D eigenvalue weighted by atomic mass is 16.5. The second-order valence-electron chi connectivity index (χ2n) is 12.2. The van der Waals surface area contributed by atoms with Gasteiger partial charge < -0.3 is 34.8 Å². The molecule has 0 aliphatic carbocycles. The Morgan fingerprint density at radius 3 is 2.11 bits per heavy atom. The zero-order chi connectivity index (χ0) is 30.5. The minimum absolute atomic E-state index is 0.184. The molecular formula is C33H44N8O3. The summed E-state index contributed by atoms with van der Waals surface area (Å²) in [4.78, 5) is 34.4. The molecule has 44 heavy (non-hydrogen) atoms. The summed E-state index contributed by atoms with van der Waals surface area (Å²) in [6.07, 6.45) is 4.12. The number of rotatable bonds is 7. The molecule has 0 bridgehead atoms. The molecule has 234 valence electrons. The number of aromatic nitrogens is 3. The Morgan fingerprint density at radius 2 is 1.48 bits per heavy atom. The van der Waals surface area contributed by atoms with Gasteiger partial charge in [-0.1, -0.05) is 0 Å². The minimum Gasteiger partial charge on any atom is -0.381 e. The summed E-state index contributed by atoms with van der Waals surface area (Å²) in [5.41, 5.74) is 3.50. The van der Waals surface area contributed by atoms with Crippen molar-refractivity contribution >= 4 is 29.0 Å². The molecule has 3 aliphatic heterocycles. The van der Waals surface area contributed by atoms with E-state index in [9.17, 15) is 4.79 Å². The highest BCUT2D eigenvalue weighted by molar-refractivity contribution is 5.99. The predicted octanol–water partition coefficient (Wildman–Crippen LogP) is 4.83. The monoisotopic (exact) mass is 600 g/mol. The van der Waals surface area contributed by atoms with E-state index < -0.39 is 0 Å². The maximum atomic E-state index is 12.8. The van der Waals surface area contributed by atoms with Crippen LogP contribution in [0.4, 0.5) is 27.8 Å². The maximum Gasteiger partial charge on any atom is 0.323 e. The molecule has 4 heterocycles. The Labute approximate surface area is 260 Å². The van der Waals surface area contributed by atoms with Gasteiger partial charge in [0.2, 0.25) is 5.95 Å². The third-order valence-electron chi connectivity index (χ3n) is 8.94. The van der Waals surface area contributed by atoms with Crippen LogP contribution in [0.5, 0.6) is 0 Å². The molecule has 3 saturated heterocycles. The van der Waals surface area contributed by atoms with E-state index in [0.717, 1.165) is 75.6 Å². The fraction of sp³-hybridized carbons (Fsp3) is 0.515. The molecule has 1 unspecified atom stereocenters. The zero-order valence-corrected chi connectivity index (χ0v) is 26.0. The molecule has 11 heteroatoms. The van der Waals surface area contributed by atoms with Crippen LogP contribution in [0.3, 0.4) is 0 Å². The molecule has 0 saturated carbocycles. The van der Waals surface area contributed by atoms with Gasteiger partial charge in [0.25, 0.3) is 0 Å². The molecule has 2 N–H and O–H groups in total. The van der Waals surface area contributed by atoms with E-state index in [-0.39, 0.29) is 18.0 Å². The fourth-order valence-electron chi connectivity index (χ4n) is 6.19. The number of ether oxygens (including phenoxy) is 2. The number of carbonyl (C=O) groups excluding carboxylic acids is 1. The summed E-state index contributed by atoms with van der Waals surface area (Å²) in [5.74, 6) is 2.39. The molecule has 1 atom stereocenters. The van der Waals surface area contributed by atoms with Crippen LogP contribution in [-0.4, -0.2) is 98.1 Å². The van der Waals surface area contributed by atoms with Crippen LogP contribution in [0.2, 0.25) is 0 Å². The van der Waals surface area contributed by atoms with E-state index in [1.165, 1.54) is 5.69 Å². The zero-order valence-electron chi connectivity index (χ0n) is 26.0. The first kappa shape index (κ1) is 30.2. The van der Waals surface area contributed by atoms with Crippen molar-refractivity contribution in [2.45, 2.75) is 50.6 Å². The van der Waals surface area contributed by atoms with Gasteiger partial charge in [-0.25, -0.2) is 9.78 Å². The van der Waals surface area contributed by atoms with Crippen LogP contribution < -0.4 is 20.4 Å². The number of benzene rings is 2. The fourth-order valence-corrected chi connectivity index (χ4v) is 6.19. The van der Waals surface area contributed by atoms with Gasteiger partial charge in [-0.15, -0.1) is 0 Å². The van der Waals surface area contributed by atoms with Gasteiger partial charge in [0, 0.05) is 67.4 Å². The first-order chi connectivity index (χ1) is 21.4. The van der Waals surface area contributed by atoms with Gasteiger partial charge in [-0.2, -0.15) is 9.97 Å². The molecule has 0 spiro atoms. The summed E-state index contributed by atoms with van der Waals surface area (Å²) in [6.45, 7) is 7.70. The van der Waals surface area contributed by atoms with Gasteiger partial charge in [0.05, 0.1) is 19.3 Å². The highest BCUT2D eigenvalue weighted by Crippen LogP contribution is 2.29. The van der Waals surface area contributed by atoms with Crippen LogP contribution in [0.15, 0.2) is 48.5 Å². The number of nitrogens with zero attached hydrogens (tertiary/aromatic N) is 6. The summed E-state index contributed by atoms with van der Waals surface area (Å²) in [7, 11) is 4.31. The second kappa shape index (κ2) is 13.9. The minimum atomic E-state index is -0.289. The number of amides is 2. The van der Waals surface area contributed by atoms with Crippen LogP contribution in [0, 0.1) is 0 Å². The highest BCUT2D eigenvalue weighted by Gasteiger charge is 2.26. The molecule has 3 aliphatic rings. The van der Waals surface area contributed by atoms with Gasteiger partial charge in [-0.05, 0) is 95.2 Å². The lowest BCUT2D eigenvalue weighted by molar-refractivity contribution is 0.0834. The molecule has 11 nitrogen and oxygen atoms in total. The molecule has 2 aromatic carbocycles. The topological polar surface area (TPSA) is 108 Å². The third-order valence-corrected chi connectivity index (χ3v) is 8.94. The lowest BCUT2D eigenvalue weighted by Crippen LogP contribution is -2.44. The van der Waals surface area contributed by atoms with Crippen LogP contribution in [-0.2, 0) is 9.47 Å². The Balaban J connectivity index is 1.10. The quantitative estimate of drug-likeness (QED) is 0.394. The summed E-state index contributed by atoms with van der Waals surface area (Å²) < 4.78 is 11.2. The molecule has 3 aromatic rings. The maximum absolute atomic E-state index is 12.8. The van der Waals surface area contributed by atoms with E-state index in [4.69, 9.17) is 24.4 Å². The van der Waals surface area contributed by atoms with Crippen molar-refractivity contribution in [1.29, 1.82) is 0 Å². The molecule has 1 aromatic heterocycles. The Kier molecular flexibility index (Phi) is 9.54. The SMILES string of the molecule is CC1COCCN1c1nc(-c2ccc(NC(=O)Nc3ccc(N4CCC(N(C)C)CC4)cc3)cc2)nc(C2CCOCC2)n1. The first-order valence-electron chi connectivity index (χ1n) is 15.8. The van der Waals surface area contributed by atoms with Crippen LogP contribution in [0.25, 0.3) is 11.4 Å². The van der Waals surface area contributed by atoms with Crippen molar-refractivity contribution in [2.75, 3.05) is 80.6 Å². The van der Waals surface area contributed by atoms with E-state index in [1.54, 1.807) is 0 Å². The summed E-state index contributed by atoms with van der Waals surface area (Å²) >= 11 is 0. The Hall–Kier alpha value is -3.80. The number of hydrogen-bond acceptors (Lipinski definition) is 9. The van der Waals surface area contributed by atoms with Crippen LogP contribution >= 0.6 is 0 Å². The Bertz CT molecular complexity index is 1390. The number of carbonyl (C=O) groups is 1. The smallest absolute Gasteiger partial charge is 0.323 e. The van der Waals surface area contributed by atoms with Crippen molar-refractivity contribution in [1.82, 2.24) is 19.9 Å². The van der Waals surface area contributed by atoms with E-state index in [1.807, 2.05) is 36.4 Å². The number of anilines is 4. The predicted molar refractivity (Wildman–Crippen MR) is 174 cm³/mol. The first-order valence-corrected chi connectivity index (χ1v) is 15.8. The van der Waals surface area contributed by atoms with Crippen molar-refractivity contribution in [3.05, 3.63) is 54.4 Å². The number of nitrogens with one attached hydrogen (secondary N) is 2. The second-order valence-corrected chi connectivity index (χ2v) is 12.2. The molecule has 6 rings (SSSR count). The normalized spacial score (nSPS) is 20.1. The lowest BCUT2D eigenvalue weighted by Gasteiger charge is -2.36. The van der Waals surface area contributed by atoms with E-state index in [2.05, 4.69) is 58.5 Å². The lowest BCUT2D eigenvalue weighted by atomic mass is 9.99. The van der Waals surface area contributed by atoms with Gasteiger partial charge in [0.1, 0.15) is 5.82 Å². The Morgan fingerprint density at radius 1 is 0.818 bits per heavy atom. The van der Waals surface area contributed by atoms with Crippen molar-refractivity contribution < 1.29 is 14.3 Å². The van der Waals surface area contributed by atoms with Crippen LogP contribution in [0.1, 0.15) is 44.3 Å². The number of piperidine rings is 1. The van der Waals surface area contributed by atoms with Crippen molar-refractivity contribution in [3.63, 3.8) is 0 Å². The molecule has 0 radical (unpaired) electrons. The standard InChI is InChI=1S/C33H44N8O3/c1-23-22-44-21-18-41(23)32-37-30(36-31(38-32)25-14-19-43-20-15-25)24-4-6-26(7-5-24)34-33(42)35-27-8-10-29(11-9-27)40-16-12-28(13-17-40)39(2)3/h4-11,23,25,28H,12-22H2,1-3H3,(H2,34,35,42). The van der Waals surface area contributed by atoms with Gasteiger partial charge in [0.15, 0.2) is 5.82 Å². The largest absolute Gasteiger partial charge is 0.381 e. The number of urea groups is 1. The van der Waals surface area contributed by atoms with Crippen molar-refractivity contribution in [3.8, 4) is 11.4 Å². The summed E-state index contributed by atoms with van der Waals surface area (Å²) in [6, 6.07) is 16.3. The average molecular weight is 601 g/mol. The molecular weight excluding hydrogens is 556 g/mol.